The highest BCUT2D eigenvalue weighted by atomic mass is 16.5. The molecule has 2 aromatic rings. The van der Waals surface area contributed by atoms with Crippen LogP contribution in [0.4, 0.5) is 23.1 Å². The molecule has 2 aliphatic rings. The first kappa shape index (κ1) is 21.1. The first-order chi connectivity index (χ1) is 15.1. The number of nitrogens with one attached hydrogen (secondary N) is 3. The number of β-amino-alcohol motifs (C(OH)–C–C–N with tert-alkyl or cyclic N) is 1. The standard InChI is InChI=1S/C20H27N7O4/c21-18(29)15-11-24-20(26-19(15)22-3-4-27-5-7-30-8-6-27)25-13-1-2-17-16(9-13)23-10-14(28)12-31-17/h1-2,9,11,14,23,28H,3-8,10,12H2,(H2,21,29)(H2,22,24,25,26)/t14-/m0/s1. The number of fused-ring (bicyclic) bond motifs is 1. The van der Waals surface area contributed by atoms with Crippen molar-refractivity contribution in [3.05, 3.63) is 30.0 Å². The number of nitrogens with two attached hydrogens (primary N) is 1. The second-order valence-electron chi connectivity index (χ2n) is 7.38. The molecular formula is C20H27N7O4. The number of primary amides is 1. The molecule has 1 fully saturated rings. The first-order valence-corrected chi connectivity index (χ1v) is 10.2. The summed E-state index contributed by atoms with van der Waals surface area (Å²) in [5.74, 6) is 0.786. The maximum absolute atomic E-state index is 11.8. The summed E-state index contributed by atoms with van der Waals surface area (Å²) < 4.78 is 10.9. The van der Waals surface area contributed by atoms with Crippen LogP contribution < -0.4 is 26.4 Å². The molecule has 31 heavy (non-hydrogen) atoms. The predicted molar refractivity (Wildman–Crippen MR) is 116 cm³/mol. The SMILES string of the molecule is NC(=O)c1cnc(Nc2ccc3c(c2)NC[C@H](O)CO3)nc1NCCN1CCOCC1. The van der Waals surface area contributed by atoms with Gasteiger partial charge in [0, 0.05) is 44.6 Å². The topological polar surface area (TPSA) is 147 Å². The molecule has 0 spiro atoms. The van der Waals surface area contributed by atoms with Gasteiger partial charge in [0.25, 0.3) is 5.91 Å². The lowest BCUT2D eigenvalue weighted by molar-refractivity contribution is 0.0398. The molecule has 1 saturated heterocycles. The van der Waals surface area contributed by atoms with E-state index in [0.717, 1.165) is 44.2 Å². The minimum Gasteiger partial charge on any atom is -0.489 e. The molecule has 11 nitrogen and oxygen atoms in total. The number of nitrogens with zero attached hydrogens (tertiary/aromatic N) is 3. The van der Waals surface area contributed by atoms with Gasteiger partial charge in [-0.15, -0.1) is 0 Å². The molecule has 166 valence electrons. The largest absolute Gasteiger partial charge is 0.489 e. The van der Waals surface area contributed by atoms with E-state index in [1.807, 2.05) is 18.2 Å². The summed E-state index contributed by atoms with van der Waals surface area (Å²) in [5.41, 5.74) is 7.22. The number of aromatic nitrogens is 2. The minimum absolute atomic E-state index is 0.235. The summed E-state index contributed by atoms with van der Waals surface area (Å²) in [6.07, 6.45) is 0.843. The van der Waals surface area contributed by atoms with Crippen molar-refractivity contribution in [1.29, 1.82) is 0 Å². The van der Waals surface area contributed by atoms with Crippen LogP contribution in [-0.2, 0) is 4.74 Å². The van der Waals surface area contributed by atoms with Crippen LogP contribution in [0.5, 0.6) is 5.75 Å². The monoisotopic (exact) mass is 429 g/mol. The van der Waals surface area contributed by atoms with E-state index in [1.54, 1.807) is 0 Å². The van der Waals surface area contributed by atoms with Gasteiger partial charge < -0.3 is 36.3 Å². The summed E-state index contributed by atoms with van der Waals surface area (Å²) >= 11 is 0. The van der Waals surface area contributed by atoms with Crippen LogP contribution in [0.15, 0.2) is 24.4 Å². The normalized spacial score (nSPS) is 18.8. The second-order valence-corrected chi connectivity index (χ2v) is 7.38. The third-order valence-electron chi connectivity index (χ3n) is 5.07. The highest BCUT2D eigenvalue weighted by Gasteiger charge is 2.16. The molecule has 0 radical (unpaired) electrons. The maximum Gasteiger partial charge on any atom is 0.254 e. The third-order valence-corrected chi connectivity index (χ3v) is 5.07. The van der Waals surface area contributed by atoms with Crippen LogP contribution in [0, 0.1) is 0 Å². The van der Waals surface area contributed by atoms with E-state index in [0.29, 0.717) is 30.6 Å². The lowest BCUT2D eigenvalue weighted by Crippen LogP contribution is -2.39. The zero-order valence-electron chi connectivity index (χ0n) is 17.1. The smallest absolute Gasteiger partial charge is 0.254 e. The molecular weight excluding hydrogens is 402 g/mol. The van der Waals surface area contributed by atoms with Gasteiger partial charge in [-0.2, -0.15) is 4.98 Å². The average Bonchev–Trinajstić information content (AvgIpc) is 2.96. The van der Waals surface area contributed by atoms with Crippen LogP contribution >= 0.6 is 0 Å². The Morgan fingerprint density at radius 2 is 2.19 bits per heavy atom. The lowest BCUT2D eigenvalue weighted by Gasteiger charge is -2.26. The second kappa shape index (κ2) is 9.77. The van der Waals surface area contributed by atoms with Crippen molar-refractivity contribution in [1.82, 2.24) is 14.9 Å². The Morgan fingerprint density at radius 1 is 1.35 bits per heavy atom. The maximum atomic E-state index is 11.8. The van der Waals surface area contributed by atoms with Crippen LogP contribution in [0.25, 0.3) is 0 Å². The molecule has 0 unspecified atom stereocenters. The molecule has 1 aromatic carbocycles. The first-order valence-electron chi connectivity index (χ1n) is 10.2. The van der Waals surface area contributed by atoms with Gasteiger partial charge in [0.2, 0.25) is 5.95 Å². The van der Waals surface area contributed by atoms with Crippen molar-refractivity contribution in [3.63, 3.8) is 0 Å². The van der Waals surface area contributed by atoms with Crippen LogP contribution in [0.2, 0.25) is 0 Å². The Labute approximate surface area is 179 Å². The Kier molecular flexibility index (Phi) is 6.65. The minimum atomic E-state index is -0.592. The molecule has 0 bridgehead atoms. The highest BCUT2D eigenvalue weighted by Crippen LogP contribution is 2.30. The molecule has 4 rings (SSSR count). The van der Waals surface area contributed by atoms with Gasteiger partial charge in [-0.3, -0.25) is 9.69 Å². The van der Waals surface area contributed by atoms with Crippen molar-refractivity contribution >= 4 is 29.0 Å². The molecule has 11 heteroatoms. The molecule has 2 aliphatic heterocycles. The summed E-state index contributed by atoms with van der Waals surface area (Å²) in [7, 11) is 0. The Morgan fingerprint density at radius 3 is 3.00 bits per heavy atom. The molecule has 0 aliphatic carbocycles. The molecule has 6 N–H and O–H groups in total. The number of ether oxygens (including phenoxy) is 2. The number of carbonyl (C=O) groups is 1. The number of hydrogen-bond acceptors (Lipinski definition) is 10. The Balaban J connectivity index is 1.45. The van der Waals surface area contributed by atoms with E-state index in [1.165, 1.54) is 6.20 Å². The fourth-order valence-corrected chi connectivity index (χ4v) is 3.39. The summed E-state index contributed by atoms with van der Waals surface area (Å²) in [4.78, 5) is 22.7. The fourth-order valence-electron chi connectivity index (χ4n) is 3.39. The van der Waals surface area contributed by atoms with Crippen molar-refractivity contribution in [2.75, 3.05) is 68.5 Å². The van der Waals surface area contributed by atoms with Gasteiger partial charge in [-0.25, -0.2) is 4.98 Å². The number of morpholine rings is 1. The quantitative estimate of drug-likeness (QED) is 0.414. The molecule has 3 heterocycles. The molecule has 1 aromatic heterocycles. The average molecular weight is 429 g/mol. The highest BCUT2D eigenvalue weighted by molar-refractivity contribution is 5.97. The van der Waals surface area contributed by atoms with Gasteiger partial charge >= 0.3 is 0 Å². The van der Waals surface area contributed by atoms with E-state index in [-0.39, 0.29) is 12.2 Å². The van der Waals surface area contributed by atoms with E-state index in [4.69, 9.17) is 15.2 Å². The number of carbonyl (C=O) groups excluding carboxylic acids is 1. The molecule has 1 amide bonds. The van der Waals surface area contributed by atoms with Gasteiger partial charge in [0.05, 0.1) is 24.5 Å². The Bertz CT molecular complexity index is 920. The summed E-state index contributed by atoms with van der Waals surface area (Å²) in [6, 6.07) is 5.49. The van der Waals surface area contributed by atoms with Crippen LogP contribution in [0.1, 0.15) is 10.4 Å². The van der Waals surface area contributed by atoms with E-state index < -0.39 is 12.0 Å². The zero-order chi connectivity index (χ0) is 21.6. The van der Waals surface area contributed by atoms with E-state index in [9.17, 15) is 9.90 Å². The third kappa shape index (κ3) is 5.51. The fraction of sp³-hybridized carbons (Fsp3) is 0.450. The summed E-state index contributed by atoms with van der Waals surface area (Å²) in [6.45, 7) is 5.28. The molecule has 1 atom stereocenters. The van der Waals surface area contributed by atoms with Gasteiger partial charge in [0.1, 0.15) is 24.3 Å². The van der Waals surface area contributed by atoms with E-state index in [2.05, 4.69) is 30.8 Å². The Hall–Kier alpha value is -3.15. The van der Waals surface area contributed by atoms with E-state index >= 15 is 0 Å². The number of benzene rings is 1. The predicted octanol–water partition coefficient (Wildman–Crippen LogP) is 0.228. The zero-order valence-corrected chi connectivity index (χ0v) is 17.1. The van der Waals surface area contributed by atoms with Crippen LogP contribution in [-0.4, -0.2) is 84.5 Å². The van der Waals surface area contributed by atoms with Gasteiger partial charge in [0.15, 0.2) is 0 Å². The van der Waals surface area contributed by atoms with Crippen molar-refractivity contribution in [3.8, 4) is 5.75 Å². The van der Waals surface area contributed by atoms with Gasteiger partial charge in [-0.05, 0) is 18.2 Å². The number of aliphatic hydroxyl groups is 1. The van der Waals surface area contributed by atoms with Crippen molar-refractivity contribution in [2.24, 2.45) is 5.73 Å². The number of rotatable bonds is 7. The molecule has 0 saturated carbocycles. The van der Waals surface area contributed by atoms with Gasteiger partial charge in [-0.1, -0.05) is 0 Å². The van der Waals surface area contributed by atoms with Crippen molar-refractivity contribution in [2.45, 2.75) is 6.10 Å². The number of hydrogen-bond donors (Lipinski definition) is 5. The van der Waals surface area contributed by atoms with Crippen molar-refractivity contribution < 1.29 is 19.4 Å². The lowest BCUT2D eigenvalue weighted by atomic mass is 10.2. The van der Waals surface area contributed by atoms with Crippen LogP contribution in [0.3, 0.4) is 0 Å². The number of aliphatic hydroxyl groups excluding tert-OH is 1. The number of anilines is 4. The summed E-state index contributed by atoms with van der Waals surface area (Å²) in [5, 5.41) is 19.2. The number of amides is 1.